The summed E-state index contributed by atoms with van der Waals surface area (Å²) in [6.45, 7) is 5.44. The Balaban J connectivity index is 2.24. The van der Waals surface area contributed by atoms with Crippen molar-refractivity contribution in [2.75, 3.05) is 13.1 Å². The Hall–Kier alpha value is -2.15. The van der Waals surface area contributed by atoms with Gasteiger partial charge < -0.3 is 20.1 Å². The third kappa shape index (κ3) is 3.01. The molecular weight excluding hydrogens is 300 g/mol. The summed E-state index contributed by atoms with van der Waals surface area (Å²) in [6, 6.07) is 0. The third-order valence-electron chi connectivity index (χ3n) is 4.49. The van der Waals surface area contributed by atoms with Crippen molar-refractivity contribution in [3.63, 3.8) is 0 Å². The van der Waals surface area contributed by atoms with Crippen LogP contribution in [-0.4, -0.2) is 56.4 Å². The fraction of sp³-hybridized carbons (Fsp3) is 0.562. The lowest BCUT2D eigenvalue weighted by molar-refractivity contribution is -0.162. The van der Waals surface area contributed by atoms with E-state index in [0.717, 1.165) is 0 Å². The summed E-state index contributed by atoms with van der Waals surface area (Å²) in [4.78, 5) is 40.0. The number of ketones is 1. The van der Waals surface area contributed by atoms with Gasteiger partial charge in [0.05, 0.1) is 0 Å². The van der Waals surface area contributed by atoms with Crippen LogP contribution in [0.25, 0.3) is 0 Å². The molecule has 3 N–H and O–H groups in total. The minimum absolute atomic E-state index is 0.00517. The second-order valence-corrected chi connectivity index (χ2v) is 6.02. The molecule has 0 aromatic carbocycles. The first-order valence-corrected chi connectivity index (χ1v) is 7.68. The van der Waals surface area contributed by atoms with Crippen molar-refractivity contribution in [1.29, 1.82) is 0 Å². The van der Waals surface area contributed by atoms with E-state index in [1.54, 1.807) is 6.92 Å². The monoisotopic (exact) mass is 322 g/mol. The predicted molar refractivity (Wildman–Crippen MR) is 82.6 cm³/mol. The lowest BCUT2D eigenvalue weighted by Gasteiger charge is -2.35. The van der Waals surface area contributed by atoms with E-state index in [2.05, 4.69) is 4.98 Å². The van der Waals surface area contributed by atoms with Gasteiger partial charge in [-0.05, 0) is 25.8 Å². The maximum Gasteiger partial charge on any atom is 0.335 e. The Kier molecular flexibility index (Phi) is 4.61. The summed E-state index contributed by atoms with van der Waals surface area (Å²) in [5.74, 6) is -1.60. The van der Waals surface area contributed by atoms with Crippen LogP contribution >= 0.6 is 0 Å². The number of piperidine rings is 1. The van der Waals surface area contributed by atoms with E-state index in [0.29, 0.717) is 28.9 Å². The zero-order valence-corrected chi connectivity index (χ0v) is 13.6. The van der Waals surface area contributed by atoms with E-state index in [9.17, 15) is 19.5 Å². The number of carbonyl (C=O) groups excluding carboxylic acids is 2. The number of hydrogen-bond donors (Lipinski definition) is 3. The van der Waals surface area contributed by atoms with Gasteiger partial charge in [0, 0.05) is 37.2 Å². The highest BCUT2D eigenvalue weighted by Crippen LogP contribution is 2.26. The fourth-order valence-electron chi connectivity index (χ4n) is 3.14. The van der Waals surface area contributed by atoms with Gasteiger partial charge in [0.15, 0.2) is 11.4 Å². The number of carboxylic acid groups (broad SMARTS) is 1. The number of Topliss-reactive ketones (excluding diaryl/α,β-unsaturated/α-hetero) is 1. The molecule has 1 aromatic heterocycles. The predicted octanol–water partition coefficient (Wildman–Crippen LogP) is 1.14. The molecule has 0 spiro atoms. The first kappa shape index (κ1) is 17.2. The first-order chi connectivity index (χ1) is 10.7. The van der Waals surface area contributed by atoms with Gasteiger partial charge in [0.25, 0.3) is 5.91 Å². The van der Waals surface area contributed by atoms with Crippen LogP contribution in [0.4, 0.5) is 0 Å². The summed E-state index contributed by atoms with van der Waals surface area (Å²) in [5.41, 5.74) is 0.530. The molecule has 1 saturated heterocycles. The number of amides is 1. The van der Waals surface area contributed by atoms with Crippen LogP contribution in [0.15, 0.2) is 0 Å². The highest BCUT2D eigenvalue weighted by molar-refractivity contribution is 6.02. The minimum Gasteiger partial charge on any atom is -0.479 e. The molecular formula is C16H22N2O5. The molecule has 1 aromatic rings. The Morgan fingerprint density at radius 3 is 2.26 bits per heavy atom. The summed E-state index contributed by atoms with van der Waals surface area (Å²) in [7, 11) is 0. The topological polar surface area (TPSA) is 111 Å². The van der Waals surface area contributed by atoms with Crippen molar-refractivity contribution in [2.24, 2.45) is 0 Å². The molecule has 1 aliphatic rings. The van der Waals surface area contributed by atoms with Crippen LogP contribution in [-0.2, 0) is 11.2 Å². The highest BCUT2D eigenvalue weighted by Gasteiger charge is 2.41. The van der Waals surface area contributed by atoms with Crippen LogP contribution in [0.5, 0.6) is 0 Å². The molecule has 1 aliphatic heterocycles. The number of aliphatic hydroxyl groups is 1. The second-order valence-electron chi connectivity index (χ2n) is 6.02. The number of hydrogen-bond acceptors (Lipinski definition) is 4. The molecule has 0 aliphatic carbocycles. The quantitative estimate of drug-likeness (QED) is 0.720. The second kappa shape index (κ2) is 6.16. The standard InChI is InChI=1S/C16H22N2O5/c1-4-11-12(10(3)19)9(2)17-13(11)14(20)18-7-5-16(23,6-8-18)15(21)22/h17,23H,4-8H2,1-3H3,(H,21,22). The van der Waals surface area contributed by atoms with Gasteiger partial charge in [-0.25, -0.2) is 4.79 Å². The summed E-state index contributed by atoms with van der Waals surface area (Å²) >= 11 is 0. The molecule has 2 rings (SSSR count). The van der Waals surface area contributed by atoms with E-state index < -0.39 is 11.6 Å². The third-order valence-corrected chi connectivity index (χ3v) is 4.49. The number of nitrogens with one attached hydrogen (secondary N) is 1. The van der Waals surface area contributed by atoms with Gasteiger partial charge in [-0.2, -0.15) is 0 Å². The van der Waals surface area contributed by atoms with Crippen molar-refractivity contribution in [3.8, 4) is 0 Å². The number of carbonyl (C=O) groups is 3. The van der Waals surface area contributed by atoms with Gasteiger partial charge in [-0.1, -0.05) is 6.92 Å². The van der Waals surface area contributed by atoms with Crippen molar-refractivity contribution in [3.05, 3.63) is 22.5 Å². The normalized spacial score (nSPS) is 17.1. The smallest absolute Gasteiger partial charge is 0.335 e. The molecule has 7 heteroatoms. The van der Waals surface area contributed by atoms with Gasteiger partial charge >= 0.3 is 5.97 Å². The van der Waals surface area contributed by atoms with Crippen LogP contribution < -0.4 is 0 Å². The molecule has 23 heavy (non-hydrogen) atoms. The van der Waals surface area contributed by atoms with Gasteiger partial charge in [-0.15, -0.1) is 0 Å². The van der Waals surface area contributed by atoms with Crippen molar-refractivity contribution in [1.82, 2.24) is 9.88 Å². The number of aryl methyl sites for hydroxylation is 1. The SMILES string of the molecule is CCc1c(C(=O)N2CCC(O)(C(=O)O)CC2)[nH]c(C)c1C(C)=O. The van der Waals surface area contributed by atoms with Crippen LogP contribution in [0.1, 0.15) is 58.8 Å². The summed E-state index contributed by atoms with van der Waals surface area (Å²) in [6.07, 6.45) is 0.538. The Morgan fingerprint density at radius 1 is 1.26 bits per heavy atom. The average Bonchev–Trinajstić information content (AvgIpc) is 2.83. The molecule has 0 atom stereocenters. The van der Waals surface area contributed by atoms with E-state index in [-0.39, 0.29) is 37.6 Å². The van der Waals surface area contributed by atoms with Crippen LogP contribution in [0.3, 0.4) is 0 Å². The fourth-order valence-corrected chi connectivity index (χ4v) is 3.14. The van der Waals surface area contributed by atoms with Crippen molar-refractivity contribution < 1.29 is 24.6 Å². The number of likely N-dealkylation sites (tertiary alicyclic amines) is 1. The summed E-state index contributed by atoms with van der Waals surface area (Å²) in [5, 5.41) is 19.0. The molecule has 1 amide bonds. The van der Waals surface area contributed by atoms with Crippen molar-refractivity contribution >= 4 is 17.7 Å². The maximum atomic E-state index is 12.7. The highest BCUT2D eigenvalue weighted by atomic mass is 16.4. The number of H-pyrrole nitrogens is 1. The maximum absolute atomic E-state index is 12.7. The van der Waals surface area contributed by atoms with Gasteiger partial charge in [-0.3, -0.25) is 9.59 Å². The molecule has 0 saturated carbocycles. The Morgan fingerprint density at radius 2 is 1.83 bits per heavy atom. The molecule has 126 valence electrons. The first-order valence-electron chi connectivity index (χ1n) is 7.68. The zero-order chi connectivity index (χ0) is 17.4. The van der Waals surface area contributed by atoms with Gasteiger partial charge in [0.2, 0.25) is 0 Å². The Labute approximate surface area is 134 Å². The van der Waals surface area contributed by atoms with E-state index in [4.69, 9.17) is 5.11 Å². The van der Waals surface area contributed by atoms with Crippen LogP contribution in [0, 0.1) is 6.92 Å². The number of aromatic nitrogens is 1. The minimum atomic E-state index is -1.76. The molecule has 0 radical (unpaired) electrons. The summed E-state index contributed by atoms with van der Waals surface area (Å²) < 4.78 is 0. The van der Waals surface area contributed by atoms with E-state index in [1.807, 2.05) is 6.92 Å². The van der Waals surface area contributed by atoms with Gasteiger partial charge in [0.1, 0.15) is 5.69 Å². The lowest BCUT2D eigenvalue weighted by Crippen LogP contribution is -2.51. The largest absolute Gasteiger partial charge is 0.479 e. The van der Waals surface area contributed by atoms with Crippen molar-refractivity contribution in [2.45, 2.75) is 45.6 Å². The van der Waals surface area contributed by atoms with Crippen LogP contribution in [0.2, 0.25) is 0 Å². The number of carboxylic acids is 1. The van der Waals surface area contributed by atoms with E-state index in [1.165, 1.54) is 11.8 Å². The zero-order valence-electron chi connectivity index (χ0n) is 13.6. The number of rotatable bonds is 4. The number of aromatic amines is 1. The molecule has 0 unspecified atom stereocenters. The Bertz CT molecular complexity index is 654. The van der Waals surface area contributed by atoms with E-state index >= 15 is 0 Å². The molecule has 0 bridgehead atoms. The molecule has 1 fully saturated rings. The average molecular weight is 322 g/mol. The molecule has 7 nitrogen and oxygen atoms in total. The number of aliphatic carboxylic acids is 1. The molecule has 2 heterocycles. The number of nitrogens with zero attached hydrogens (tertiary/aromatic N) is 1. The lowest BCUT2D eigenvalue weighted by atomic mass is 9.91.